The van der Waals surface area contributed by atoms with E-state index in [4.69, 9.17) is 9.47 Å². The molecule has 6 heteroatoms. The second-order valence-electron chi connectivity index (χ2n) is 5.92. The molecule has 1 heterocycles. The van der Waals surface area contributed by atoms with Gasteiger partial charge in [-0.2, -0.15) is 0 Å². The Morgan fingerprint density at radius 2 is 1.68 bits per heavy atom. The standard InChI is InChI=1S/C19H19NO4S/c1-11-9-16(12(2)8-15(11)23-3)24-14-6-4-13(5-7-14)10-17-18(21)20-19(22)25-17/h4-9,17H,10H2,1-3H3,(H,20,21,22). The van der Waals surface area contributed by atoms with Crippen LogP contribution in [0.2, 0.25) is 0 Å². The highest BCUT2D eigenvalue weighted by Crippen LogP contribution is 2.31. The summed E-state index contributed by atoms with van der Waals surface area (Å²) in [5.41, 5.74) is 2.98. The van der Waals surface area contributed by atoms with Crippen LogP contribution in [-0.2, 0) is 11.2 Å². The molecule has 0 saturated carbocycles. The summed E-state index contributed by atoms with van der Waals surface area (Å²) in [4.78, 5) is 22.8. The van der Waals surface area contributed by atoms with Gasteiger partial charge in [0, 0.05) is 0 Å². The molecule has 0 bridgehead atoms. The first-order chi connectivity index (χ1) is 12.0. The third-order valence-corrected chi connectivity index (χ3v) is 5.01. The van der Waals surface area contributed by atoms with E-state index in [1.807, 2.05) is 50.2 Å². The Morgan fingerprint density at radius 3 is 2.28 bits per heavy atom. The van der Waals surface area contributed by atoms with Gasteiger partial charge >= 0.3 is 0 Å². The minimum Gasteiger partial charge on any atom is -0.496 e. The molecule has 0 aliphatic carbocycles. The van der Waals surface area contributed by atoms with Gasteiger partial charge in [0.05, 0.1) is 12.4 Å². The number of thioether (sulfide) groups is 1. The molecule has 0 radical (unpaired) electrons. The fourth-order valence-corrected chi connectivity index (χ4v) is 3.52. The Balaban J connectivity index is 1.70. The average molecular weight is 357 g/mol. The first kappa shape index (κ1) is 17.4. The number of hydrogen-bond acceptors (Lipinski definition) is 5. The second-order valence-corrected chi connectivity index (χ2v) is 7.10. The summed E-state index contributed by atoms with van der Waals surface area (Å²) >= 11 is 1.04. The van der Waals surface area contributed by atoms with E-state index in [0.29, 0.717) is 6.42 Å². The molecular weight excluding hydrogens is 338 g/mol. The molecule has 5 nitrogen and oxygen atoms in total. The van der Waals surface area contributed by atoms with Crippen LogP contribution in [0.5, 0.6) is 17.2 Å². The van der Waals surface area contributed by atoms with E-state index in [0.717, 1.165) is 45.7 Å². The summed E-state index contributed by atoms with van der Waals surface area (Å²) in [6.07, 6.45) is 0.517. The smallest absolute Gasteiger partial charge is 0.286 e. The van der Waals surface area contributed by atoms with Crippen LogP contribution < -0.4 is 14.8 Å². The lowest BCUT2D eigenvalue weighted by atomic mass is 10.1. The summed E-state index contributed by atoms with van der Waals surface area (Å²) < 4.78 is 11.3. The van der Waals surface area contributed by atoms with E-state index >= 15 is 0 Å². The highest BCUT2D eigenvalue weighted by molar-refractivity contribution is 8.15. The quantitative estimate of drug-likeness (QED) is 0.876. The molecule has 25 heavy (non-hydrogen) atoms. The maximum absolute atomic E-state index is 11.6. The van der Waals surface area contributed by atoms with Gasteiger partial charge in [-0.05, 0) is 61.2 Å². The van der Waals surface area contributed by atoms with Crippen LogP contribution in [0.3, 0.4) is 0 Å². The number of carbonyl (C=O) groups excluding carboxylic acids is 2. The van der Waals surface area contributed by atoms with Crippen LogP contribution in [0.15, 0.2) is 36.4 Å². The summed E-state index contributed by atoms with van der Waals surface area (Å²) in [6, 6.07) is 11.5. The minimum atomic E-state index is -0.356. The Labute approximate surface area is 150 Å². The number of amides is 2. The summed E-state index contributed by atoms with van der Waals surface area (Å²) in [6.45, 7) is 3.94. The summed E-state index contributed by atoms with van der Waals surface area (Å²) in [7, 11) is 1.65. The normalized spacial score (nSPS) is 16.7. The third kappa shape index (κ3) is 3.96. The molecule has 2 aromatic rings. The molecule has 1 saturated heterocycles. The van der Waals surface area contributed by atoms with Gasteiger partial charge in [-0.1, -0.05) is 23.9 Å². The number of benzene rings is 2. The number of methoxy groups -OCH3 is 1. The monoisotopic (exact) mass is 357 g/mol. The first-order valence-electron chi connectivity index (χ1n) is 7.90. The predicted molar refractivity (Wildman–Crippen MR) is 97.6 cm³/mol. The van der Waals surface area contributed by atoms with E-state index in [-0.39, 0.29) is 16.4 Å². The van der Waals surface area contributed by atoms with Gasteiger partial charge in [-0.15, -0.1) is 0 Å². The van der Waals surface area contributed by atoms with Crippen LogP contribution in [0, 0.1) is 13.8 Å². The van der Waals surface area contributed by atoms with Gasteiger partial charge in [-0.25, -0.2) is 0 Å². The minimum absolute atomic E-state index is 0.223. The van der Waals surface area contributed by atoms with E-state index in [9.17, 15) is 9.59 Å². The molecule has 1 atom stereocenters. The topological polar surface area (TPSA) is 64.6 Å². The number of nitrogens with one attached hydrogen (secondary N) is 1. The van der Waals surface area contributed by atoms with Crippen molar-refractivity contribution >= 4 is 22.9 Å². The van der Waals surface area contributed by atoms with Crippen molar-refractivity contribution in [3.8, 4) is 17.2 Å². The van der Waals surface area contributed by atoms with Crippen molar-refractivity contribution in [2.24, 2.45) is 0 Å². The number of aryl methyl sites for hydroxylation is 2. The van der Waals surface area contributed by atoms with Crippen molar-refractivity contribution in [3.63, 3.8) is 0 Å². The molecule has 2 aromatic carbocycles. The number of hydrogen-bond donors (Lipinski definition) is 1. The Bertz CT molecular complexity index is 817. The largest absolute Gasteiger partial charge is 0.496 e. The lowest BCUT2D eigenvalue weighted by Gasteiger charge is -2.13. The van der Waals surface area contributed by atoms with Crippen molar-refractivity contribution < 1.29 is 19.1 Å². The molecule has 0 aromatic heterocycles. The van der Waals surface area contributed by atoms with Crippen LogP contribution >= 0.6 is 11.8 Å². The fourth-order valence-electron chi connectivity index (χ4n) is 2.66. The van der Waals surface area contributed by atoms with Crippen LogP contribution in [0.4, 0.5) is 4.79 Å². The Kier molecular flexibility index (Phi) is 4.99. The molecular formula is C19H19NO4S. The number of carbonyl (C=O) groups is 2. The van der Waals surface area contributed by atoms with Crippen molar-refractivity contribution in [1.29, 1.82) is 0 Å². The first-order valence-corrected chi connectivity index (χ1v) is 8.77. The van der Waals surface area contributed by atoms with E-state index in [1.54, 1.807) is 7.11 Å². The second kappa shape index (κ2) is 7.19. The average Bonchev–Trinajstić information content (AvgIpc) is 2.89. The highest BCUT2D eigenvalue weighted by atomic mass is 32.2. The maximum atomic E-state index is 11.6. The van der Waals surface area contributed by atoms with Gasteiger partial charge in [0.2, 0.25) is 5.91 Å². The fraction of sp³-hybridized carbons (Fsp3) is 0.263. The van der Waals surface area contributed by atoms with Crippen LogP contribution in [0.1, 0.15) is 16.7 Å². The van der Waals surface area contributed by atoms with Gasteiger partial charge in [0.25, 0.3) is 5.24 Å². The molecule has 130 valence electrons. The zero-order valence-corrected chi connectivity index (χ0v) is 15.1. The zero-order chi connectivity index (χ0) is 18.0. The van der Waals surface area contributed by atoms with E-state index < -0.39 is 0 Å². The summed E-state index contributed by atoms with van der Waals surface area (Å²) in [5.74, 6) is 2.11. The van der Waals surface area contributed by atoms with Crippen LogP contribution in [0.25, 0.3) is 0 Å². The zero-order valence-electron chi connectivity index (χ0n) is 14.3. The van der Waals surface area contributed by atoms with Gasteiger partial charge in [0.15, 0.2) is 0 Å². The molecule has 2 amide bonds. The SMILES string of the molecule is COc1cc(C)c(Oc2ccc(CC3SC(=O)NC3=O)cc2)cc1C. The molecule has 1 aliphatic rings. The van der Waals surface area contributed by atoms with Crippen LogP contribution in [-0.4, -0.2) is 23.5 Å². The lowest BCUT2D eigenvalue weighted by Crippen LogP contribution is -2.25. The maximum Gasteiger partial charge on any atom is 0.286 e. The van der Waals surface area contributed by atoms with Crippen molar-refractivity contribution in [3.05, 3.63) is 53.1 Å². The van der Waals surface area contributed by atoms with Gasteiger partial charge in [0.1, 0.15) is 17.2 Å². The lowest BCUT2D eigenvalue weighted by molar-refractivity contribution is -0.118. The number of rotatable bonds is 5. The van der Waals surface area contributed by atoms with Gasteiger partial charge in [-0.3, -0.25) is 14.9 Å². The number of ether oxygens (including phenoxy) is 2. The van der Waals surface area contributed by atoms with Crippen molar-refractivity contribution in [1.82, 2.24) is 5.32 Å². The number of imide groups is 1. The van der Waals surface area contributed by atoms with E-state index in [2.05, 4.69) is 5.32 Å². The van der Waals surface area contributed by atoms with E-state index in [1.165, 1.54) is 0 Å². The highest BCUT2D eigenvalue weighted by Gasteiger charge is 2.31. The summed E-state index contributed by atoms with van der Waals surface area (Å²) in [5, 5.41) is 1.67. The predicted octanol–water partition coefficient (Wildman–Crippen LogP) is 4.00. The molecule has 1 fully saturated rings. The molecule has 1 unspecified atom stereocenters. The van der Waals surface area contributed by atoms with Gasteiger partial charge < -0.3 is 9.47 Å². The molecule has 1 aliphatic heterocycles. The van der Waals surface area contributed by atoms with Crippen molar-refractivity contribution in [2.75, 3.05) is 7.11 Å². The Hall–Kier alpha value is -2.47. The van der Waals surface area contributed by atoms with Crippen molar-refractivity contribution in [2.45, 2.75) is 25.5 Å². The molecule has 1 N–H and O–H groups in total. The Morgan fingerprint density at radius 1 is 1.04 bits per heavy atom. The molecule has 0 spiro atoms. The third-order valence-electron chi connectivity index (χ3n) is 4.03. The molecule has 3 rings (SSSR count).